The molecular formula is C26H28N4O2S. The van der Waals surface area contributed by atoms with Gasteiger partial charge in [-0.3, -0.25) is 4.79 Å². The second-order valence-electron chi connectivity index (χ2n) is 8.80. The molecule has 6 nitrogen and oxygen atoms in total. The summed E-state index contributed by atoms with van der Waals surface area (Å²) in [5, 5.41) is 7.42. The van der Waals surface area contributed by atoms with Crippen molar-refractivity contribution in [3.8, 4) is 16.3 Å². The van der Waals surface area contributed by atoms with E-state index in [9.17, 15) is 4.79 Å². The number of carbonyl (C=O) groups is 1. The van der Waals surface area contributed by atoms with Crippen LogP contribution >= 0.6 is 11.3 Å². The molecule has 1 aliphatic rings. The second-order valence-corrected chi connectivity index (χ2v) is 9.75. The molecule has 4 aromatic rings. The van der Waals surface area contributed by atoms with Crippen LogP contribution in [0, 0.1) is 0 Å². The summed E-state index contributed by atoms with van der Waals surface area (Å²) in [6.45, 7) is 4.93. The molecule has 0 aliphatic carbocycles. The van der Waals surface area contributed by atoms with E-state index in [0.717, 1.165) is 53.2 Å². The smallest absolute Gasteiger partial charge is 0.255 e. The molecule has 0 saturated carbocycles. The fraction of sp³-hybridized carbons (Fsp3) is 0.346. The maximum atomic E-state index is 13.9. The van der Waals surface area contributed by atoms with E-state index in [0.29, 0.717) is 5.56 Å². The fourth-order valence-electron chi connectivity index (χ4n) is 4.66. The molecule has 0 bridgehead atoms. The topological polar surface area (TPSA) is 60.2 Å². The monoisotopic (exact) mass is 460 g/mol. The zero-order valence-electron chi connectivity index (χ0n) is 19.2. The number of pyridine rings is 1. The van der Waals surface area contributed by atoms with Gasteiger partial charge in [-0.1, -0.05) is 18.2 Å². The first kappa shape index (κ1) is 21.6. The molecule has 1 unspecified atom stereocenters. The SMILES string of the molecule is COc1cccc(CC2CCCN2C(=O)c2cc(-c3cccs3)nc3c2cnn3C(C)C)c1. The summed E-state index contributed by atoms with van der Waals surface area (Å²) in [6.07, 6.45) is 4.62. The lowest BCUT2D eigenvalue weighted by Gasteiger charge is -2.25. The van der Waals surface area contributed by atoms with Crippen molar-refractivity contribution < 1.29 is 9.53 Å². The Labute approximate surface area is 197 Å². The predicted octanol–water partition coefficient (Wildman–Crippen LogP) is 5.60. The molecule has 1 saturated heterocycles. The largest absolute Gasteiger partial charge is 0.497 e. The van der Waals surface area contributed by atoms with Gasteiger partial charge >= 0.3 is 0 Å². The number of thiophene rings is 1. The molecule has 0 spiro atoms. The lowest BCUT2D eigenvalue weighted by molar-refractivity contribution is 0.0738. The molecule has 170 valence electrons. The van der Waals surface area contributed by atoms with Gasteiger partial charge in [-0.15, -0.1) is 11.3 Å². The Kier molecular flexibility index (Phi) is 5.89. The van der Waals surface area contributed by atoms with Crippen molar-refractivity contribution in [3.63, 3.8) is 0 Å². The third kappa shape index (κ3) is 4.13. The summed E-state index contributed by atoms with van der Waals surface area (Å²) >= 11 is 1.63. The molecule has 33 heavy (non-hydrogen) atoms. The molecule has 5 rings (SSSR count). The summed E-state index contributed by atoms with van der Waals surface area (Å²) in [5.41, 5.74) is 3.47. The van der Waals surface area contributed by atoms with Crippen LogP contribution in [0.3, 0.4) is 0 Å². The van der Waals surface area contributed by atoms with Crippen LogP contribution in [0.15, 0.2) is 54.0 Å². The molecule has 1 amide bonds. The zero-order chi connectivity index (χ0) is 22.9. The molecule has 1 fully saturated rings. The maximum absolute atomic E-state index is 13.9. The molecule has 4 heterocycles. The van der Waals surface area contributed by atoms with Crippen molar-refractivity contribution in [2.45, 2.75) is 45.2 Å². The number of methoxy groups -OCH3 is 1. The van der Waals surface area contributed by atoms with E-state index in [1.807, 2.05) is 45.3 Å². The predicted molar refractivity (Wildman–Crippen MR) is 132 cm³/mol. The van der Waals surface area contributed by atoms with Gasteiger partial charge in [0.2, 0.25) is 0 Å². The normalized spacial score (nSPS) is 16.1. The minimum Gasteiger partial charge on any atom is -0.497 e. The number of carbonyl (C=O) groups excluding carboxylic acids is 1. The number of ether oxygens (including phenoxy) is 1. The molecule has 1 aromatic carbocycles. The number of fused-ring (bicyclic) bond motifs is 1. The highest BCUT2D eigenvalue weighted by Crippen LogP contribution is 2.32. The Morgan fingerprint density at radius 1 is 1.24 bits per heavy atom. The van der Waals surface area contributed by atoms with Crippen molar-refractivity contribution in [2.24, 2.45) is 0 Å². The lowest BCUT2D eigenvalue weighted by Crippen LogP contribution is -2.37. The lowest BCUT2D eigenvalue weighted by atomic mass is 10.0. The minimum absolute atomic E-state index is 0.0638. The van der Waals surface area contributed by atoms with Crippen LogP contribution in [0.25, 0.3) is 21.6 Å². The quantitative estimate of drug-likeness (QED) is 0.376. The van der Waals surface area contributed by atoms with Gasteiger partial charge < -0.3 is 9.64 Å². The Balaban J connectivity index is 1.53. The number of hydrogen-bond acceptors (Lipinski definition) is 5. The molecular weight excluding hydrogens is 432 g/mol. The Morgan fingerprint density at radius 2 is 2.12 bits per heavy atom. The zero-order valence-corrected chi connectivity index (χ0v) is 20.0. The number of amides is 1. The number of aromatic nitrogens is 3. The first-order chi connectivity index (χ1) is 16.0. The molecule has 1 aliphatic heterocycles. The summed E-state index contributed by atoms with van der Waals surface area (Å²) in [6, 6.07) is 14.5. The molecule has 0 N–H and O–H groups in total. The van der Waals surface area contributed by atoms with Crippen LogP contribution in [0.4, 0.5) is 0 Å². The Hall–Kier alpha value is -3.19. The van der Waals surface area contributed by atoms with E-state index < -0.39 is 0 Å². The van der Waals surface area contributed by atoms with E-state index in [-0.39, 0.29) is 18.0 Å². The van der Waals surface area contributed by atoms with E-state index in [1.165, 1.54) is 5.56 Å². The number of benzene rings is 1. The van der Waals surface area contributed by atoms with Crippen LogP contribution in [0.5, 0.6) is 5.75 Å². The van der Waals surface area contributed by atoms with Crippen molar-refractivity contribution in [1.82, 2.24) is 19.7 Å². The third-order valence-corrected chi connectivity index (χ3v) is 7.20. The summed E-state index contributed by atoms with van der Waals surface area (Å²) in [4.78, 5) is 21.9. The van der Waals surface area contributed by atoms with Gasteiger partial charge in [0.05, 0.1) is 34.8 Å². The summed E-state index contributed by atoms with van der Waals surface area (Å²) < 4.78 is 7.29. The van der Waals surface area contributed by atoms with Gasteiger partial charge in [-0.05, 0) is 68.3 Å². The van der Waals surface area contributed by atoms with Gasteiger partial charge in [0, 0.05) is 18.6 Å². The van der Waals surface area contributed by atoms with Crippen LogP contribution in [0.2, 0.25) is 0 Å². The van der Waals surface area contributed by atoms with Crippen LogP contribution in [-0.4, -0.2) is 45.3 Å². The molecule has 0 radical (unpaired) electrons. The summed E-state index contributed by atoms with van der Waals surface area (Å²) in [7, 11) is 1.68. The number of likely N-dealkylation sites (tertiary alicyclic amines) is 1. The summed E-state index contributed by atoms with van der Waals surface area (Å²) in [5.74, 6) is 0.912. The van der Waals surface area contributed by atoms with E-state index >= 15 is 0 Å². The van der Waals surface area contributed by atoms with Crippen LogP contribution in [-0.2, 0) is 6.42 Å². The van der Waals surface area contributed by atoms with Crippen molar-refractivity contribution >= 4 is 28.3 Å². The van der Waals surface area contributed by atoms with E-state index in [2.05, 4.69) is 31.1 Å². The number of nitrogens with zero attached hydrogens (tertiary/aromatic N) is 4. The number of hydrogen-bond donors (Lipinski definition) is 0. The van der Waals surface area contributed by atoms with Gasteiger partial charge in [-0.2, -0.15) is 5.10 Å². The van der Waals surface area contributed by atoms with E-state index in [1.54, 1.807) is 24.6 Å². The van der Waals surface area contributed by atoms with Crippen LogP contribution in [0.1, 0.15) is 48.7 Å². The van der Waals surface area contributed by atoms with Crippen LogP contribution < -0.4 is 4.74 Å². The van der Waals surface area contributed by atoms with E-state index in [4.69, 9.17) is 9.72 Å². The van der Waals surface area contributed by atoms with Gasteiger partial charge in [0.25, 0.3) is 5.91 Å². The highest BCUT2D eigenvalue weighted by atomic mass is 32.1. The fourth-order valence-corrected chi connectivity index (χ4v) is 5.35. The average molecular weight is 461 g/mol. The average Bonchev–Trinajstić information content (AvgIpc) is 3.58. The van der Waals surface area contributed by atoms with Gasteiger partial charge in [0.15, 0.2) is 5.65 Å². The number of rotatable bonds is 6. The van der Waals surface area contributed by atoms with Gasteiger partial charge in [-0.25, -0.2) is 9.67 Å². The highest BCUT2D eigenvalue weighted by Gasteiger charge is 2.31. The molecule has 3 aromatic heterocycles. The Bertz CT molecular complexity index is 1280. The first-order valence-electron chi connectivity index (χ1n) is 11.4. The molecule has 7 heteroatoms. The second kappa shape index (κ2) is 8.98. The molecule has 1 atom stereocenters. The van der Waals surface area contributed by atoms with Crippen molar-refractivity contribution in [2.75, 3.05) is 13.7 Å². The highest BCUT2D eigenvalue weighted by molar-refractivity contribution is 7.13. The van der Waals surface area contributed by atoms with Crippen molar-refractivity contribution in [3.05, 3.63) is 65.2 Å². The maximum Gasteiger partial charge on any atom is 0.255 e. The third-order valence-electron chi connectivity index (χ3n) is 6.30. The first-order valence-corrected chi connectivity index (χ1v) is 12.3. The minimum atomic E-state index is 0.0638. The Morgan fingerprint density at radius 3 is 2.88 bits per heavy atom. The van der Waals surface area contributed by atoms with Crippen molar-refractivity contribution in [1.29, 1.82) is 0 Å². The van der Waals surface area contributed by atoms with Gasteiger partial charge in [0.1, 0.15) is 5.75 Å². The standard InChI is InChI=1S/C26H28N4O2S/c1-17(2)30-25-22(16-27-30)21(15-23(28-25)24-10-6-12-33-24)26(31)29-11-5-8-19(29)13-18-7-4-9-20(14-18)32-3/h4,6-7,9-10,12,14-17,19H,5,8,11,13H2,1-3H3.